The maximum Gasteiger partial charge on any atom is 0.320 e. The van der Waals surface area contributed by atoms with E-state index >= 15 is 0 Å². The first-order valence-electron chi connectivity index (χ1n) is 6.65. The van der Waals surface area contributed by atoms with Crippen molar-refractivity contribution in [2.45, 2.75) is 53.1 Å². The van der Waals surface area contributed by atoms with Crippen LogP contribution < -0.4 is 5.32 Å². The molecule has 4 nitrogen and oxygen atoms in total. The molecule has 19 heavy (non-hydrogen) atoms. The molecule has 0 saturated carbocycles. The molecule has 1 aromatic rings. The minimum absolute atomic E-state index is 0.153. The molecule has 0 aliphatic heterocycles. The lowest BCUT2D eigenvalue weighted by molar-refractivity contribution is -0.139. The van der Waals surface area contributed by atoms with Gasteiger partial charge in [-0.05, 0) is 36.3 Å². The highest BCUT2D eigenvalue weighted by Gasteiger charge is 2.20. The molecule has 0 saturated heterocycles. The van der Waals surface area contributed by atoms with E-state index in [0.717, 1.165) is 17.5 Å². The number of carboxylic acids is 1. The van der Waals surface area contributed by atoms with Gasteiger partial charge in [0.1, 0.15) is 6.04 Å². The molecule has 0 radical (unpaired) electrons. The first kappa shape index (κ1) is 15.6. The predicted molar refractivity (Wildman–Crippen MR) is 75.9 cm³/mol. The molecular formula is C15H24N2O2. The summed E-state index contributed by atoms with van der Waals surface area (Å²) in [5, 5.41) is 12.3. The van der Waals surface area contributed by atoms with Crippen molar-refractivity contribution in [1.29, 1.82) is 0 Å². The summed E-state index contributed by atoms with van der Waals surface area (Å²) in [6.45, 7) is 8.88. The van der Waals surface area contributed by atoms with E-state index in [2.05, 4.69) is 31.1 Å². The Balaban J connectivity index is 2.52. The number of pyridine rings is 1. The van der Waals surface area contributed by atoms with Crippen LogP contribution in [-0.4, -0.2) is 22.1 Å². The lowest BCUT2D eigenvalue weighted by Crippen LogP contribution is -2.37. The average Bonchev–Trinajstić information content (AvgIpc) is 2.27. The summed E-state index contributed by atoms with van der Waals surface area (Å²) in [6, 6.07) is 1.52. The fourth-order valence-corrected chi connectivity index (χ4v) is 1.85. The summed E-state index contributed by atoms with van der Waals surface area (Å²) in [4.78, 5) is 15.3. The average molecular weight is 264 g/mol. The number of hydrogen-bond acceptors (Lipinski definition) is 3. The topological polar surface area (TPSA) is 62.2 Å². The van der Waals surface area contributed by atoms with Crippen LogP contribution in [0.25, 0.3) is 0 Å². The highest BCUT2D eigenvalue weighted by atomic mass is 16.4. The lowest BCUT2D eigenvalue weighted by atomic mass is 9.88. The van der Waals surface area contributed by atoms with E-state index in [1.807, 2.05) is 13.0 Å². The number of carboxylic acid groups (broad SMARTS) is 1. The van der Waals surface area contributed by atoms with Crippen molar-refractivity contribution < 1.29 is 9.90 Å². The first-order valence-corrected chi connectivity index (χ1v) is 6.65. The van der Waals surface area contributed by atoms with Gasteiger partial charge in [-0.25, -0.2) is 0 Å². The minimum Gasteiger partial charge on any atom is -0.480 e. The Hall–Kier alpha value is -1.42. The van der Waals surface area contributed by atoms with Gasteiger partial charge in [0.05, 0.1) is 0 Å². The van der Waals surface area contributed by atoms with Crippen LogP contribution >= 0.6 is 0 Å². The molecule has 2 N–H and O–H groups in total. The highest BCUT2D eigenvalue weighted by Crippen LogP contribution is 2.21. The van der Waals surface area contributed by atoms with E-state index in [9.17, 15) is 9.90 Å². The zero-order valence-corrected chi connectivity index (χ0v) is 12.2. The second kappa shape index (κ2) is 6.66. The fourth-order valence-electron chi connectivity index (χ4n) is 1.85. The Morgan fingerprint density at radius 3 is 2.63 bits per heavy atom. The molecule has 1 aromatic heterocycles. The van der Waals surface area contributed by atoms with Gasteiger partial charge in [-0.2, -0.15) is 0 Å². The number of hydrogen-bond donors (Lipinski definition) is 2. The third-order valence-corrected chi connectivity index (χ3v) is 2.97. The molecule has 106 valence electrons. The van der Waals surface area contributed by atoms with Crippen molar-refractivity contribution in [1.82, 2.24) is 10.3 Å². The normalized spacial score (nSPS) is 13.3. The van der Waals surface area contributed by atoms with E-state index < -0.39 is 12.0 Å². The molecule has 1 unspecified atom stereocenters. The predicted octanol–water partition coefficient (Wildman–Crippen LogP) is 2.76. The standard InChI is InChI=1S/C15H24N2O2/c1-11-7-12(9-16-8-11)10-17-13(14(18)19)5-6-15(2,3)4/h7-9,13,17H,5-6,10H2,1-4H3,(H,18,19). The summed E-state index contributed by atoms with van der Waals surface area (Å²) in [7, 11) is 0. The second-order valence-corrected chi connectivity index (χ2v) is 6.24. The molecule has 4 heteroatoms. The molecule has 0 aliphatic carbocycles. The van der Waals surface area contributed by atoms with Crippen LogP contribution in [-0.2, 0) is 11.3 Å². The Morgan fingerprint density at radius 2 is 2.11 bits per heavy atom. The van der Waals surface area contributed by atoms with E-state index in [1.165, 1.54) is 0 Å². The van der Waals surface area contributed by atoms with E-state index in [1.54, 1.807) is 12.4 Å². The van der Waals surface area contributed by atoms with Gasteiger partial charge in [-0.3, -0.25) is 9.78 Å². The van der Waals surface area contributed by atoms with Crippen molar-refractivity contribution in [3.8, 4) is 0 Å². The Kier molecular flexibility index (Phi) is 5.48. The maximum atomic E-state index is 11.2. The number of aryl methyl sites for hydroxylation is 1. The van der Waals surface area contributed by atoms with Crippen molar-refractivity contribution >= 4 is 5.97 Å². The molecule has 1 rings (SSSR count). The smallest absolute Gasteiger partial charge is 0.320 e. The van der Waals surface area contributed by atoms with E-state index in [0.29, 0.717) is 13.0 Å². The van der Waals surface area contributed by atoms with Gasteiger partial charge in [0.25, 0.3) is 0 Å². The largest absolute Gasteiger partial charge is 0.480 e. The molecule has 0 amide bonds. The van der Waals surface area contributed by atoms with Gasteiger partial charge in [0.2, 0.25) is 0 Å². The van der Waals surface area contributed by atoms with E-state index in [4.69, 9.17) is 0 Å². The Morgan fingerprint density at radius 1 is 1.42 bits per heavy atom. The summed E-state index contributed by atoms with van der Waals surface area (Å²) >= 11 is 0. The monoisotopic (exact) mass is 264 g/mol. The third-order valence-electron chi connectivity index (χ3n) is 2.97. The zero-order chi connectivity index (χ0) is 14.5. The zero-order valence-electron chi connectivity index (χ0n) is 12.2. The molecular weight excluding hydrogens is 240 g/mol. The van der Waals surface area contributed by atoms with Crippen molar-refractivity contribution in [3.05, 3.63) is 29.6 Å². The second-order valence-electron chi connectivity index (χ2n) is 6.24. The lowest BCUT2D eigenvalue weighted by Gasteiger charge is -2.21. The molecule has 1 heterocycles. The molecule has 1 atom stereocenters. The highest BCUT2D eigenvalue weighted by molar-refractivity contribution is 5.73. The van der Waals surface area contributed by atoms with Crippen LogP contribution in [0.5, 0.6) is 0 Å². The number of aromatic nitrogens is 1. The maximum absolute atomic E-state index is 11.2. The number of nitrogens with zero attached hydrogens (tertiary/aromatic N) is 1. The quantitative estimate of drug-likeness (QED) is 0.829. The number of carbonyl (C=O) groups is 1. The van der Waals surface area contributed by atoms with Gasteiger partial charge in [0, 0.05) is 18.9 Å². The van der Waals surface area contributed by atoms with Gasteiger partial charge >= 0.3 is 5.97 Å². The summed E-state index contributed by atoms with van der Waals surface area (Å²) in [6.07, 6.45) is 5.07. The van der Waals surface area contributed by atoms with Crippen molar-refractivity contribution in [2.24, 2.45) is 5.41 Å². The summed E-state index contributed by atoms with van der Waals surface area (Å²) < 4.78 is 0. The van der Waals surface area contributed by atoms with Gasteiger partial charge in [-0.15, -0.1) is 0 Å². The first-order chi connectivity index (χ1) is 8.78. The molecule has 0 aliphatic rings. The van der Waals surface area contributed by atoms with Crippen LogP contribution in [0.4, 0.5) is 0 Å². The number of nitrogens with one attached hydrogen (secondary N) is 1. The van der Waals surface area contributed by atoms with Crippen LogP contribution in [0.3, 0.4) is 0 Å². The molecule has 0 spiro atoms. The van der Waals surface area contributed by atoms with Gasteiger partial charge in [0.15, 0.2) is 0 Å². The SMILES string of the molecule is Cc1cncc(CNC(CCC(C)(C)C)C(=O)O)c1. The summed E-state index contributed by atoms with van der Waals surface area (Å²) in [5.74, 6) is -0.787. The molecule has 0 bridgehead atoms. The Bertz CT molecular complexity index is 424. The van der Waals surface area contributed by atoms with Gasteiger partial charge < -0.3 is 10.4 Å². The van der Waals surface area contributed by atoms with Gasteiger partial charge in [-0.1, -0.05) is 26.8 Å². The van der Waals surface area contributed by atoms with Crippen LogP contribution in [0.2, 0.25) is 0 Å². The number of aliphatic carboxylic acids is 1. The van der Waals surface area contributed by atoms with Crippen molar-refractivity contribution in [2.75, 3.05) is 0 Å². The van der Waals surface area contributed by atoms with Crippen LogP contribution in [0, 0.1) is 12.3 Å². The summed E-state index contributed by atoms with van der Waals surface area (Å²) in [5.41, 5.74) is 2.25. The third kappa shape index (κ3) is 6.34. The minimum atomic E-state index is -0.787. The Labute approximate surface area is 115 Å². The fraction of sp³-hybridized carbons (Fsp3) is 0.600. The van der Waals surface area contributed by atoms with E-state index in [-0.39, 0.29) is 5.41 Å². The number of rotatable bonds is 6. The molecule has 0 fully saturated rings. The van der Waals surface area contributed by atoms with Crippen molar-refractivity contribution in [3.63, 3.8) is 0 Å². The van der Waals surface area contributed by atoms with Crippen LogP contribution in [0.1, 0.15) is 44.7 Å². The van der Waals surface area contributed by atoms with Crippen LogP contribution in [0.15, 0.2) is 18.5 Å². The molecule has 0 aromatic carbocycles.